The molecule has 0 saturated heterocycles. The molecule has 0 aliphatic rings. The van der Waals surface area contributed by atoms with Crippen molar-refractivity contribution in [2.75, 3.05) is 6.26 Å². The lowest BCUT2D eigenvalue weighted by molar-refractivity contribution is 0.594. The van der Waals surface area contributed by atoms with Gasteiger partial charge in [-0.15, -0.1) is 11.8 Å². The smallest absolute Gasteiger partial charge is 0.213 e. The van der Waals surface area contributed by atoms with Gasteiger partial charge in [0.1, 0.15) is 5.03 Å². The molecule has 0 saturated carbocycles. The van der Waals surface area contributed by atoms with Gasteiger partial charge in [-0.3, -0.25) is 4.98 Å². The number of aryl methyl sites for hydroxylation is 1. The second-order valence-electron chi connectivity index (χ2n) is 6.05. The first-order chi connectivity index (χ1) is 13.4. The fraction of sp³-hybridized carbons (Fsp3) is 0.105. The average molecular weight is 431 g/mol. The first-order valence-corrected chi connectivity index (χ1v) is 11.4. The summed E-state index contributed by atoms with van der Waals surface area (Å²) in [6.07, 6.45) is 5.15. The van der Waals surface area contributed by atoms with E-state index in [-0.39, 0.29) is 15.4 Å². The normalized spacial score (nSPS) is 11.8. The number of nitrogens with zero attached hydrogens (tertiary/aromatic N) is 4. The van der Waals surface area contributed by atoms with Crippen molar-refractivity contribution in [2.45, 2.75) is 21.7 Å². The summed E-state index contributed by atoms with van der Waals surface area (Å²) in [4.78, 5) is 8.74. The standard InChI is InChI=1S/C19H15ClN4O2S2/c1-12-10-16(13-6-8-21-9-7-13)24-18(22-12)17(19(23-24)27-2)28(25,26)15-5-3-4-14(20)11-15/h3-11H,1-2H3. The summed E-state index contributed by atoms with van der Waals surface area (Å²) in [7, 11) is -3.87. The zero-order valence-electron chi connectivity index (χ0n) is 15.0. The highest BCUT2D eigenvalue weighted by atomic mass is 35.5. The molecule has 4 aromatic rings. The van der Waals surface area contributed by atoms with E-state index >= 15 is 0 Å². The topological polar surface area (TPSA) is 77.2 Å². The summed E-state index contributed by atoms with van der Waals surface area (Å²) >= 11 is 7.28. The molecule has 3 aromatic heterocycles. The highest BCUT2D eigenvalue weighted by molar-refractivity contribution is 7.99. The van der Waals surface area contributed by atoms with E-state index in [0.717, 1.165) is 11.3 Å². The Hall–Kier alpha value is -2.42. The van der Waals surface area contributed by atoms with Crippen molar-refractivity contribution in [3.63, 3.8) is 0 Å². The van der Waals surface area contributed by atoms with Crippen LogP contribution in [0.4, 0.5) is 0 Å². The fourth-order valence-corrected chi connectivity index (χ4v) is 5.64. The van der Waals surface area contributed by atoms with Crippen LogP contribution in [0.3, 0.4) is 0 Å². The Balaban J connectivity index is 2.06. The van der Waals surface area contributed by atoms with Crippen molar-refractivity contribution < 1.29 is 8.42 Å². The number of aromatic nitrogens is 4. The van der Waals surface area contributed by atoms with Crippen molar-refractivity contribution >= 4 is 38.8 Å². The van der Waals surface area contributed by atoms with Gasteiger partial charge in [-0.2, -0.15) is 5.10 Å². The van der Waals surface area contributed by atoms with E-state index in [1.165, 1.54) is 23.9 Å². The molecule has 3 heterocycles. The number of rotatable bonds is 4. The van der Waals surface area contributed by atoms with Gasteiger partial charge in [-0.25, -0.2) is 17.9 Å². The van der Waals surface area contributed by atoms with Crippen molar-refractivity contribution in [2.24, 2.45) is 0 Å². The lowest BCUT2D eigenvalue weighted by Gasteiger charge is -2.07. The van der Waals surface area contributed by atoms with E-state index in [4.69, 9.17) is 11.6 Å². The highest BCUT2D eigenvalue weighted by Crippen LogP contribution is 2.35. The third-order valence-corrected chi connectivity index (χ3v) is 7.01. The number of benzene rings is 1. The SMILES string of the molecule is CSc1nn2c(-c3ccncc3)cc(C)nc2c1S(=O)(=O)c1cccc(Cl)c1. The molecule has 0 aliphatic carbocycles. The summed E-state index contributed by atoms with van der Waals surface area (Å²) in [6.45, 7) is 1.83. The Bertz CT molecular complexity index is 1290. The van der Waals surface area contributed by atoms with Crippen LogP contribution in [0.2, 0.25) is 5.02 Å². The second kappa shape index (κ2) is 7.20. The molecule has 0 unspecified atom stereocenters. The maximum absolute atomic E-state index is 13.4. The lowest BCUT2D eigenvalue weighted by Crippen LogP contribution is -2.05. The minimum absolute atomic E-state index is 0.0845. The number of sulfone groups is 1. The Morgan fingerprint density at radius 2 is 1.86 bits per heavy atom. The van der Waals surface area contributed by atoms with Gasteiger partial charge in [-0.1, -0.05) is 17.7 Å². The quantitative estimate of drug-likeness (QED) is 0.449. The molecule has 4 rings (SSSR count). The van der Waals surface area contributed by atoms with E-state index < -0.39 is 9.84 Å². The largest absolute Gasteiger partial charge is 0.265 e. The summed E-state index contributed by atoms with van der Waals surface area (Å²) in [6, 6.07) is 11.8. The molecule has 0 spiro atoms. The zero-order chi connectivity index (χ0) is 19.9. The molecule has 0 bridgehead atoms. The van der Waals surface area contributed by atoms with Crippen LogP contribution in [-0.2, 0) is 9.84 Å². The maximum Gasteiger partial charge on any atom is 0.213 e. The Labute approximate surface area is 171 Å². The molecule has 0 fully saturated rings. The maximum atomic E-state index is 13.4. The van der Waals surface area contributed by atoms with Crippen LogP contribution in [0, 0.1) is 6.92 Å². The van der Waals surface area contributed by atoms with Gasteiger partial charge in [0.15, 0.2) is 10.5 Å². The second-order valence-corrected chi connectivity index (χ2v) is 9.17. The van der Waals surface area contributed by atoms with Gasteiger partial charge in [0.25, 0.3) is 0 Å². The lowest BCUT2D eigenvalue weighted by atomic mass is 10.2. The van der Waals surface area contributed by atoms with Crippen LogP contribution in [0.15, 0.2) is 69.7 Å². The van der Waals surface area contributed by atoms with Gasteiger partial charge in [0.05, 0.1) is 10.6 Å². The molecule has 0 N–H and O–H groups in total. The average Bonchev–Trinajstić information content (AvgIpc) is 3.07. The van der Waals surface area contributed by atoms with Crippen molar-refractivity contribution in [1.82, 2.24) is 19.6 Å². The number of thioether (sulfide) groups is 1. The molecular formula is C19H15ClN4O2S2. The minimum Gasteiger partial charge on any atom is -0.265 e. The third-order valence-electron chi connectivity index (χ3n) is 4.19. The van der Waals surface area contributed by atoms with Gasteiger partial charge < -0.3 is 0 Å². The van der Waals surface area contributed by atoms with Crippen molar-refractivity contribution in [3.05, 3.63) is 65.6 Å². The van der Waals surface area contributed by atoms with Gasteiger partial charge in [0.2, 0.25) is 9.84 Å². The number of fused-ring (bicyclic) bond motifs is 1. The summed E-state index contributed by atoms with van der Waals surface area (Å²) < 4.78 is 28.4. The monoisotopic (exact) mass is 430 g/mol. The molecule has 1 aromatic carbocycles. The molecule has 9 heteroatoms. The molecule has 0 radical (unpaired) electrons. The predicted molar refractivity (Wildman–Crippen MR) is 110 cm³/mol. The molecule has 28 heavy (non-hydrogen) atoms. The highest BCUT2D eigenvalue weighted by Gasteiger charge is 2.29. The zero-order valence-corrected chi connectivity index (χ0v) is 17.4. The van der Waals surface area contributed by atoms with E-state index in [1.54, 1.807) is 35.3 Å². The van der Waals surface area contributed by atoms with Crippen LogP contribution in [0.25, 0.3) is 16.9 Å². The molecule has 0 amide bonds. The molecule has 0 aliphatic heterocycles. The number of hydrogen-bond acceptors (Lipinski definition) is 6. The molecule has 0 atom stereocenters. The van der Waals surface area contributed by atoms with Crippen LogP contribution in [0.1, 0.15) is 5.69 Å². The number of halogens is 1. The number of hydrogen-bond donors (Lipinski definition) is 0. The van der Waals surface area contributed by atoms with Gasteiger partial charge in [-0.05, 0) is 49.6 Å². The van der Waals surface area contributed by atoms with Crippen molar-refractivity contribution in [3.8, 4) is 11.3 Å². The molecule has 142 valence electrons. The van der Waals surface area contributed by atoms with E-state index in [0.29, 0.717) is 15.7 Å². The van der Waals surface area contributed by atoms with Crippen LogP contribution in [-0.4, -0.2) is 34.3 Å². The van der Waals surface area contributed by atoms with E-state index in [9.17, 15) is 8.42 Å². The summed E-state index contributed by atoms with van der Waals surface area (Å²) in [5.41, 5.74) is 2.59. The first-order valence-electron chi connectivity index (χ1n) is 8.27. The number of pyridine rings is 1. The molecule has 6 nitrogen and oxygen atoms in total. The summed E-state index contributed by atoms with van der Waals surface area (Å²) in [5, 5.41) is 5.28. The molecular weight excluding hydrogens is 416 g/mol. The van der Waals surface area contributed by atoms with Crippen molar-refractivity contribution in [1.29, 1.82) is 0 Å². The Morgan fingerprint density at radius 1 is 1.11 bits per heavy atom. The van der Waals surface area contributed by atoms with Gasteiger partial charge >= 0.3 is 0 Å². The Morgan fingerprint density at radius 3 is 2.54 bits per heavy atom. The fourth-order valence-electron chi connectivity index (χ4n) is 2.95. The Kier molecular flexibility index (Phi) is 4.86. The van der Waals surface area contributed by atoms with Crippen LogP contribution < -0.4 is 0 Å². The minimum atomic E-state index is -3.87. The predicted octanol–water partition coefficient (Wildman–Crippen LogP) is 4.31. The van der Waals surface area contributed by atoms with E-state index in [1.807, 2.05) is 25.1 Å². The van der Waals surface area contributed by atoms with Crippen LogP contribution in [0.5, 0.6) is 0 Å². The first kappa shape index (κ1) is 18.9. The summed E-state index contributed by atoms with van der Waals surface area (Å²) in [5.74, 6) is 0. The van der Waals surface area contributed by atoms with Gasteiger partial charge in [0, 0.05) is 28.7 Å². The van der Waals surface area contributed by atoms with Crippen LogP contribution >= 0.6 is 23.4 Å². The van der Waals surface area contributed by atoms with E-state index in [2.05, 4.69) is 15.1 Å². The third kappa shape index (κ3) is 3.17.